The molecule has 0 spiro atoms. The Morgan fingerprint density at radius 2 is 2.03 bits per heavy atom. The van der Waals surface area contributed by atoms with E-state index >= 15 is 0 Å². The van der Waals surface area contributed by atoms with Crippen molar-refractivity contribution in [1.82, 2.24) is 15.5 Å². The number of nitrogens with zero attached hydrogens (tertiary/aromatic N) is 2. The molecule has 6 heteroatoms. The predicted octanol–water partition coefficient (Wildman–Crippen LogP) is 3.11. The maximum absolute atomic E-state index is 12.7. The maximum atomic E-state index is 12.7. The number of amides is 1. The third kappa shape index (κ3) is 6.12. The number of hydrogen-bond donors (Lipinski definition) is 2. The molecule has 160 valence electrons. The first-order chi connectivity index (χ1) is 14.1. The third-order valence-electron chi connectivity index (χ3n) is 5.82. The van der Waals surface area contributed by atoms with E-state index in [9.17, 15) is 4.79 Å². The summed E-state index contributed by atoms with van der Waals surface area (Å²) in [6.07, 6.45) is 5.48. The number of aliphatic imine (C=N–C) groups is 1. The van der Waals surface area contributed by atoms with Crippen LogP contribution >= 0.6 is 0 Å². The molecular formula is C23H36N4O2. The molecule has 1 saturated heterocycles. The minimum atomic E-state index is -0.0180. The average Bonchev–Trinajstić information content (AvgIpc) is 3.40. The van der Waals surface area contributed by atoms with Crippen molar-refractivity contribution in [3.63, 3.8) is 0 Å². The molecule has 3 rings (SSSR count). The first kappa shape index (κ1) is 21.5. The highest BCUT2D eigenvalue weighted by Gasteiger charge is 2.32. The normalized spacial score (nSPS) is 21.3. The molecule has 0 bridgehead atoms. The van der Waals surface area contributed by atoms with Crippen LogP contribution in [0, 0.1) is 12.8 Å². The molecule has 2 fully saturated rings. The van der Waals surface area contributed by atoms with E-state index in [1.165, 1.54) is 12.8 Å². The number of benzene rings is 1. The van der Waals surface area contributed by atoms with Gasteiger partial charge in [-0.25, -0.2) is 4.99 Å². The van der Waals surface area contributed by atoms with Gasteiger partial charge in [-0.3, -0.25) is 4.79 Å². The number of guanidine groups is 1. The van der Waals surface area contributed by atoms with Crippen molar-refractivity contribution in [1.29, 1.82) is 0 Å². The van der Waals surface area contributed by atoms with E-state index in [1.807, 2.05) is 30.0 Å². The molecule has 1 aromatic carbocycles. The molecule has 1 aromatic rings. The molecule has 6 nitrogen and oxygen atoms in total. The molecule has 1 amide bonds. The second-order valence-corrected chi connectivity index (χ2v) is 8.31. The van der Waals surface area contributed by atoms with Gasteiger partial charge in [0.15, 0.2) is 5.96 Å². The largest absolute Gasteiger partial charge is 0.489 e. The Morgan fingerprint density at radius 1 is 1.28 bits per heavy atom. The van der Waals surface area contributed by atoms with Crippen molar-refractivity contribution in [2.75, 3.05) is 26.2 Å². The molecule has 1 heterocycles. The standard InChI is InChI=1S/C23H36N4O2/c1-4-24-23(25-15-18(3)29-21-12-8-5-9-17(21)2)26-20-13-14-27(16-20)22(28)19-10-6-7-11-19/h5,8-9,12,18-20H,4,6-7,10-11,13-16H2,1-3H3,(H2,24,25,26). The van der Waals surface area contributed by atoms with Gasteiger partial charge in [-0.05, 0) is 51.7 Å². The summed E-state index contributed by atoms with van der Waals surface area (Å²) in [7, 11) is 0. The third-order valence-corrected chi connectivity index (χ3v) is 5.82. The smallest absolute Gasteiger partial charge is 0.225 e. The monoisotopic (exact) mass is 400 g/mol. The number of nitrogens with one attached hydrogen (secondary N) is 2. The highest BCUT2D eigenvalue weighted by Crippen LogP contribution is 2.27. The Bertz CT molecular complexity index is 700. The summed E-state index contributed by atoms with van der Waals surface area (Å²) in [5.74, 6) is 2.32. The second-order valence-electron chi connectivity index (χ2n) is 8.31. The second kappa shape index (κ2) is 10.5. The zero-order valence-corrected chi connectivity index (χ0v) is 18.1. The van der Waals surface area contributed by atoms with Gasteiger partial charge >= 0.3 is 0 Å². The molecule has 2 N–H and O–H groups in total. The van der Waals surface area contributed by atoms with Crippen molar-refractivity contribution in [3.05, 3.63) is 29.8 Å². The summed E-state index contributed by atoms with van der Waals surface area (Å²) in [6, 6.07) is 8.30. The molecule has 2 unspecified atom stereocenters. The molecule has 2 aliphatic rings. The van der Waals surface area contributed by atoms with Crippen molar-refractivity contribution in [2.45, 2.75) is 65.0 Å². The van der Waals surface area contributed by atoms with Crippen molar-refractivity contribution in [3.8, 4) is 5.75 Å². The van der Waals surface area contributed by atoms with E-state index < -0.39 is 0 Å². The van der Waals surface area contributed by atoms with Gasteiger partial charge in [-0.2, -0.15) is 0 Å². The lowest BCUT2D eigenvalue weighted by atomic mass is 10.1. The van der Waals surface area contributed by atoms with E-state index in [4.69, 9.17) is 9.73 Å². The van der Waals surface area contributed by atoms with Crippen LogP contribution in [0.15, 0.2) is 29.3 Å². The number of rotatable bonds is 7. The Kier molecular flexibility index (Phi) is 7.78. The molecule has 0 aromatic heterocycles. The quantitative estimate of drug-likeness (QED) is 0.545. The number of hydrogen-bond acceptors (Lipinski definition) is 3. The lowest BCUT2D eigenvalue weighted by Crippen LogP contribution is -2.45. The topological polar surface area (TPSA) is 66.0 Å². The zero-order valence-electron chi connectivity index (χ0n) is 18.1. The highest BCUT2D eigenvalue weighted by molar-refractivity contribution is 5.81. The van der Waals surface area contributed by atoms with E-state index in [1.54, 1.807) is 0 Å². The van der Waals surface area contributed by atoms with Crippen molar-refractivity contribution >= 4 is 11.9 Å². The van der Waals surface area contributed by atoms with Gasteiger partial charge in [0.2, 0.25) is 5.91 Å². The van der Waals surface area contributed by atoms with Gasteiger partial charge < -0.3 is 20.3 Å². The van der Waals surface area contributed by atoms with Crippen LogP contribution < -0.4 is 15.4 Å². The molecule has 1 aliphatic carbocycles. The number of ether oxygens (including phenoxy) is 1. The van der Waals surface area contributed by atoms with Crippen LogP contribution in [0.1, 0.15) is 51.5 Å². The van der Waals surface area contributed by atoms with E-state index in [0.29, 0.717) is 12.5 Å². The first-order valence-electron chi connectivity index (χ1n) is 11.1. The average molecular weight is 401 g/mol. The number of carbonyl (C=O) groups is 1. The molecule has 1 saturated carbocycles. The number of carbonyl (C=O) groups excluding carboxylic acids is 1. The molecule has 2 atom stereocenters. The van der Waals surface area contributed by atoms with Crippen molar-refractivity contribution < 1.29 is 9.53 Å². The minimum Gasteiger partial charge on any atom is -0.489 e. The van der Waals surface area contributed by atoms with Gasteiger partial charge in [0.1, 0.15) is 11.9 Å². The van der Waals surface area contributed by atoms with Crippen LogP contribution in [0.25, 0.3) is 0 Å². The van der Waals surface area contributed by atoms with Crippen molar-refractivity contribution in [2.24, 2.45) is 10.9 Å². The SMILES string of the molecule is CCNC(=NCC(C)Oc1ccccc1C)NC1CCN(C(=O)C2CCCC2)C1. The van der Waals surface area contributed by atoms with E-state index in [-0.39, 0.29) is 18.1 Å². The van der Waals surface area contributed by atoms with Gasteiger partial charge in [-0.1, -0.05) is 31.0 Å². The Labute approximate surface area is 175 Å². The zero-order chi connectivity index (χ0) is 20.6. The first-order valence-corrected chi connectivity index (χ1v) is 11.1. The number of likely N-dealkylation sites (tertiary alicyclic amines) is 1. The molecule has 29 heavy (non-hydrogen) atoms. The van der Waals surface area contributed by atoms with Gasteiger partial charge in [0, 0.05) is 31.6 Å². The summed E-state index contributed by atoms with van der Waals surface area (Å²) < 4.78 is 6.03. The van der Waals surface area contributed by atoms with Crippen LogP contribution in [0.4, 0.5) is 0 Å². The maximum Gasteiger partial charge on any atom is 0.225 e. The molecular weight excluding hydrogens is 364 g/mol. The van der Waals surface area contributed by atoms with Crippen LogP contribution in [-0.4, -0.2) is 55.1 Å². The lowest BCUT2D eigenvalue weighted by molar-refractivity contribution is -0.134. The molecule has 1 aliphatic heterocycles. The fourth-order valence-corrected chi connectivity index (χ4v) is 4.19. The summed E-state index contributed by atoms with van der Waals surface area (Å²) in [5, 5.41) is 6.83. The van der Waals surface area contributed by atoms with Gasteiger partial charge in [0.25, 0.3) is 0 Å². The van der Waals surface area contributed by atoms with Crippen LogP contribution in [0.3, 0.4) is 0 Å². The number of para-hydroxylation sites is 1. The summed E-state index contributed by atoms with van der Waals surface area (Å²) in [5.41, 5.74) is 1.13. The fraction of sp³-hybridized carbons (Fsp3) is 0.652. The van der Waals surface area contributed by atoms with E-state index in [0.717, 1.165) is 56.2 Å². The highest BCUT2D eigenvalue weighted by atomic mass is 16.5. The Balaban J connectivity index is 1.50. The number of aryl methyl sites for hydroxylation is 1. The Morgan fingerprint density at radius 3 is 2.76 bits per heavy atom. The van der Waals surface area contributed by atoms with E-state index in [2.05, 4.69) is 30.5 Å². The summed E-state index contributed by atoms with van der Waals surface area (Å²) >= 11 is 0. The lowest BCUT2D eigenvalue weighted by Gasteiger charge is -2.22. The summed E-state index contributed by atoms with van der Waals surface area (Å²) in [4.78, 5) is 19.4. The minimum absolute atomic E-state index is 0.0180. The Hall–Kier alpha value is -2.24. The predicted molar refractivity (Wildman–Crippen MR) is 117 cm³/mol. The summed E-state index contributed by atoms with van der Waals surface area (Å²) in [6.45, 7) is 9.15. The molecule has 0 radical (unpaired) electrons. The van der Waals surface area contributed by atoms with Gasteiger partial charge in [0.05, 0.1) is 6.54 Å². The van der Waals surface area contributed by atoms with Crippen LogP contribution in [0.2, 0.25) is 0 Å². The van der Waals surface area contributed by atoms with Gasteiger partial charge in [-0.15, -0.1) is 0 Å². The fourth-order valence-electron chi connectivity index (χ4n) is 4.19. The van der Waals surface area contributed by atoms with Crippen LogP contribution in [0.5, 0.6) is 5.75 Å². The van der Waals surface area contributed by atoms with Crippen LogP contribution in [-0.2, 0) is 4.79 Å².